The van der Waals surface area contributed by atoms with Crippen LogP contribution in [0.4, 0.5) is 5.82 Å². The zero-order chi connectivity index (χ0) is 13.1. The predicted molar refractivity (Wildman–Crippen MR) is 78.7 cm³/mol. The Kier molecular flexibility index (Phi) is 4.40. The number of aryl methyl sites for hydroxylation is 1. The largest absolute Gasteiger partial charge is 0.445 e. The molecule has 0 aliphatic heterocycles. The molecule has 0 aliphatic rings. The van der Waals surface area contributed by atoms with Gasteiger partial charge in [0.15, 0.2) is 16.3 Å². The Hall–Kier alpha value is -0.880. The summed E-state index contributed by atoms with van der Waals surface area (Å²) < 4.78 is 7.05. The first kappa shape index (κ1) is 13.5. The van der Waals surface area contributed by atoms with Crippen LogP contribution < -0.4 is 5.32 Å². The molecule has 0 aliphatic carbocycles. The lowest BCUT2D eigenvalue weighted by molar-refractivity contribution is 0.549. The first-order chi connectivity index (χ1) is 8.63. The Balaban J connectivity index is 2.45. The fourth-order valence-electron chi connectivity index (χ4n) is 1.58. The van der Waals surface area contributed by atoms with Gasteiger partial charge in [0.2, 0.25) is 0 Å². The lowest BCUT2D eigenvalue weighted by Crippen LogP contribution is -2.00. The first-order valence-corrected chi connectivity index (χ1v) is 7.23. The van der Waals surface area contributed by atoms with Crippen molar-refractivity contribution in [2.75, 3.05) is 12.4 Å². The standard InChI is InChI=1S/C12H13Br2N3O/c1-3-4-7-5-10(15-2)17-12(16-7)9-6-8(13)11(14)18-9/h5-6H,3-4H2,1-2H3,(H,15,16,17). The van der Waals surface area contributed by atoms with Gasteiger partial charge in [-0.15, -0.1) is 0 Å². The molecule has 0 atom stereocenters. The highest BCUT2D eigenvalue weighted by molar-refractivity contribution is 9.13. The van der Waals surface area contributed by atoms with Gasteiger partial charge in [-0.2, -0.15) is 0 Å². The molecule has 1 N–H and O–H groups in total. The maximum absolute atomic E-state index is 5.55. The molecule has 4 nitrogen and oxygen atoms in total. The molecular weight excluding hydrogens is 362 g/mol. The molecule has 0 spiro atoms. The van der Waals surface area contributed by atoms with Crippen LogP contribution in [0.15, 0.2) is 25.7 Å². The molecule has 0 saturated carbocycles. The summed E-state index contributed by atoms with van der Waals surface area (Å²) in [4.78, 5) is 8.91. The van der Waals surface area contributed by atoms with Gasteiger partial charge in [-0.1, -0.05) is 13.3 Å². The van der Waals surface area contributed by atoms with E-state index in [9.17, 15) is 0 Å². The average Bonchev–Trinajstić information content (AvgIpc) is 2.70. The molecule has 0 saturated heterocycles. The van der Waals surface area contributed by atoms with Crippen molar-refractivity contribution >= 4 is 37.7 Å². The van der Waals surface area contributed by atoms with Crippen LogP contribution in [0, 0.1) is 0 Å². The van der Waals surface area contributed by atoms with Crippen molar-refractivity contribution in [3.63, 3.8) is 0 Å². The number of aromatic nitrogens is 2. The minimum Gasteiger partial charge on any atom is -0.445 e. The number of anilines is 1. The van der Waals surface area contributed by atoms with Gasteiger partial charge in [-0.05, 0) is 38.3 Å². The number of halogens is 2. The normalized spacial score (nSPS) is 10.7. The van der Waals surface area contributed by atoms with Crippen LogP contribution in [-0.2, 0) is 6.42 Å². The zero-order valence-corrected chi connectivity index (χ0v) is 13.3. The van der Waals surface area contributed by atoms with Gasteiger partial charge in [-0.25, -0.2) is 9.97 Å². The molecule has 2 heterocycles. The van der Waals surface area contributed by atoms with E-state index in [2.05, 4.69) is 54.1 Å². The van der Waals surface area contributed by atoms with E-state index in [1.165, 1.54) is 0 Å². The second-order valence-corrected chi connectivity index (χ2v) is 5.37. The van der Waals surface area contributed by atoms with Crippen molar-refractivity contribution in [2.24, 2.45) is 0 Å². The van der Waals surface area contributed by atoms with E-state index in [0.717, 1.165) is 28.8 Å². The van der Waals surface area contributed by atoms with Crippen molar-refractivity contribution in [3.8, 4) is 11.6 Å². The fraction of sp³-hybridized carbons (Fsp3) is 0.333. The van der Waals surface area contributed by atoms with E-state index in [0.29, 0.717) is 16.3 Å². The molecule has 0 radical (unpaired) electrons. The maximum Gasteiger partial charge on any atom is 0.197 e. The summed E-state index contributed by atoms with van der Waals surface area (Å²) >= 11 is 6.70. The average molecular weight is 375 g/mol. The molecule has 2 aromatic rings. The highest BCUT2D eigenvalue weighted by atomic mass is 79.9. The maximum atomic E-state index is 5.55. The minimum absolute atomic E-state index is 0.594. The third-order valence-corrected chi connectivity index (χ3v) is 4.12. The lowest BCUT2D eigenvalue weighted by Gasteiger charge is -2.05. The number of nitrogens with one attached hydrogen (secondary N) is 1. The number of hydrogen-bond donors (Lipinski definition) is 1. The Labute approximate surface area is 122 Å². The molecule has 0 amide bonds. The third kappa shape index (κ3) is 2.92. The van der Waals surface area contributed by atoms with Gasteiger partial charge in [0.05, 0.1) is 4.47 Å². The van der Waals surface area contributed by atoms with E-state index in [1.54, 1.807) is 0 Å². The Bertz CT molecular complexity index is 535. The van der Waals surface area contributed by atoms with Crippen LogP contribution in [0.3, 0.4) is 0 Å². The molecule has 6 heteroatoms. The quantitative estimate of drug-likeness (QED) is 0.868. The Morgan fingerprint density at radius 3 is 2.61 bits per heavy atom. The summed E-state index contributed by atoms with van der Waals surface area (Å²) in [5.41, 5.74) is 1.01. The Morgan fingerprint density at radius 1 is 1.28 bits per heavy atom. The highest BCUT2D eigenvalue weighted by Gasteiger charge is 2.12. The van der Waals surface area contributed by atoms with Crippen molar-refractivity contribution in [2.45, 2.75) is 19.8 Å². The van der Waals surface area contributed by atoms with E-state index >= 15 is 0 Å². The van der Waals surface area contributed by atoms with Gasteiger partial charge < -0.3 is 9.73 Å². The second-order valence-electron chi connectivity index (χ2n) is 3.80. The first-order valence-electron chi connectivity index (χ1n) is 5.65. The summed E-state index contributed by atoms with van der Waals surface area (Å²) in [6, 6.07) is 3.81. The summed E-state index contributed by atoms with van der Waals surface area (Å²) in [5, 5.41) is 3.04. The summed E-state index contributed by atoms with van der Waals surface area (Å²) in [6.07, 6.45) is 1.97. The number of hydrogen-bond acceptors (Lipinski definition) is 4. The predicted octanol–water partition coefficient (Wildman–Crippen LogP) is 4.26. The lowest BCUT2D eigenvalue weighted by atomic mass is 10.2. The summed E-state index contributed by atoms with van der Waals surface area (Å²) in [6.45, 7) is 2.13. The third-order valence-electron chi connectivity index (χ3n) is 2.41. The summed E-state index contributed by atoms with van der Waals surface area (Å²) in [5.74, 6) is 2.03. The van der Waals surface area contributed by atoms with Gasteiger partial charge in [-0.3, -0.25) is 0 Å². The molecule has 2 rings (SSSR count). The van der Waals surface area contributed by atoms with Crippen molar-refractivity contribution in [3.05, 3.63) is 27.0 Å². The minimum atomic E-state index is 0.594. The van der Waals surface area contributed by atoms with Crippen LogP contribution >= 0.6 is 31.9 Å². The van der Waals surface area contributed by atoms with Gasteiger partial charge >= 0.3 is 0 Å². The van der Waals surface area contributed by atoms with E-state index in [4.69, 9.17) is 4.42 Å². The molecule has 0 fully saturated rings. The number of rotatable bonds is 4. The molecule has 2 aromatic heterocycles. The highest BCUT2D eigenvalue weighted by Crippen LogP contribution is 2.31. The van der Waals surface area contributed by atoms with Gasteiger partial charge in [0.25, 0.3) is 0 Å². The second kappa shape index (κ2) is 5.84. The number of furan rings is 1. The molecular formula is C12H13Br2N3O. The van der Waals surface area contributed by atoms with E-state index in [1.807, 2.05) is 19.2 Å². The number of nitrogens with zero attached hydrogens (tertiary/aromatic N) is 2. The van der Waals surface area contributed by atoms with E-state index in [-0.39, 0.29) is 0 Å². The van der Waals surface area contributed by atoms with Gasteiger partial charge in [0, 0.05) is 24.9 Å². The molecule has 0 aromatic carbocycles. The van der Waals surface area contributed by atoms with Crippen LogP contribution in [-0.4, -0.2) is 17.0 Å². The van der Waals surface area contributed by atoms with Crippen LogP contribution in [0.5, 0.6) is 0 Å². The zero-order valence-electron chi connectivity index (χ0n) is 10.1. The van der Waals surface area contributed by atoms with E-state index < -0.39 is 0 Å². The van der Waals surface area contributed by atoms with Crippen molar-refractivity contribution in [1.82, 2.24) is 9.97 Å². The fourth-order valence-corrected chi connectivity index (χ4v) is 2.15. The smallest absolute Gasteiger partial charge is 0.197 e. The van der Waals surface area contributed by atoms with Crippen molar-refractivity contribution in [1.29, 1.82) is 0 Å². The summed E-state index contributed by atoms with van der Waals surface area (Å²) in [7, 11) is 1.84. The molecule has 0 bridgehead atoms. The topological polar surface area (TPSA) is 51.0 Å². The Morgan fingerprint density at radius 2 is 2.06 bits per heavy atom. The molecule has 0 unspecified atom stereocenters. The van der Waals surface area contributed by atoms with Crippen LogP contribution in [0.1, 0.15) is 19.0 Å². The monoisotopic (exact) mass is 373 g/mol. The SMILES string of the molecule is CCCc1cc(NC)nc(-c2cc(Br)c(Br)o2)n1. The van der Waals surface area contributed by atoms with Crippen LogP contribution in [0.25, 0.3) is 11.6 Å². The van der Waals surface area contributed by atoms with Gasteiger partial charge in [0.1, 0.15) is 5.82 Å². The molecule has 96 valence electrons. The molecule has 18 heavy (non-hydrogen) atoms. The van der Waals surface area contributed by atoms with Crippen molar-refractivity contribution < 1.29 is 4.42 Å². The van der Waals surface area contributed by atoms with Crippen LogP contribution in [0.2, 0.25) is 0 Å².